The Kier molecular flexibility index (Phi) is 4.45. The molecule has 1 nitrogen and oxygen atoms in total. The summed E-state index contributed by atoms with van der Waals surface area (Å²) in [6.45, 7) is 0. The minimum atomic E-state index is 0.483. The Hall–Kier alpha value is -0.820. The number of benzene rings is 1. The van der Waals surface area contributed by atoms with E-state index >= 15 is 0 Å². The number of rotatable bonds is 2. The van der Waals surface area contributed by atoms with Crippen molar-refractivity contribution in [2.75, 3.05) is 0 Å². The lowest BCUT2D eigenvalue weighted by Gasteiger charge is -2.35. The number of carbonyl (C=O) groups is 1. The molecule has 0 radical (unpaired) electrons. The normalized spacial score (nSPS) is 28.6. The molecule has 0 amide bonds. The van der Waals surface area contributed by atoms with E-state index in [0.29, 0.717) is 11.7 Å². The summed E-state index contributed by atoms with van der Waals surface area (Å²) in [5.74, 6) is 2.88. The van der Waals surface area contributed by atoms with Crippen LogP contribution in [0.5, 0.6) is 0 Å². The second kappa shape index (κ2) is 6.30. The molecule has 0 aromatic heterocycles. The average molecular weight is 291 g/mol. The van der Waals surface area contributed by atoms with Gasteiger partial charge >= 0.3 is 0 Å². The zero-order valence-electron chi connectivity index (χ0n) is 12.0. The summed E-state index contributed by atoms with van der Waals surface area (Å²) >= 11 is 5.96. The molecule has 20 heavy (non-hydrogen) atoms. The summed E-state index contributed by atoms with van der Waals surface area (Å²) in [7, 11) is 0. The van der Waals surface area contributed by atoms with Gasteiger partial charge < -0.3 is 0 Å². The van der Waals surface area contributed by atoms with E-state index < -0.39 is 0 Å². The molecule has 2 aliphatic rings. The van der Waals surface area contributed by atoms with E-state index in [1.165, 1.54) is 31.2 Å². The predicted octanol–water partition coefficient (Wildman–Crippen LogP) is 5.37. The molecule has 1 aromatic carbocycles. The van der Waals surface area contributed by atoms with Crippen LogP contribution in [-0.4, -0.2) is 5.78 Å². The molecule has 2 heteroatoms. The van der Waals surface area contributed by atoms with Crippen LogP contribution < -0.4 is 0 Å². The van der Waals surface area contributed by atoms with Gasteiger partial charge in [-0.15, -0.1) is 0 Å². The fourth-order valence-corrected chi connectivity index (χ4v) is 4.22. The van der Waals surface area contributed by atoms with E-state index in [1.54, 1.807) is 0 Å². The number of hydrogen-bond donors (Lipinski definition) is 0. The Balaban J connectivity index is 1.54. The highest BCUT2D eigenvalue weighted by molar-refractivity contribution is 6.30. The highest BCUT2D eigenvalue weighted by Gasteiger charge is 2.30. The van der Waals surface area contributed by atoms with Crippen molar-refractivity contribution in [3.63, 3.8) is 0 Å². The third-order valence-electron chi connectivity index (χ3n) is 5.37. The molecule has 108 valence electrons. The van der Waals surface area contributed by atoms with E-state index in [0.717, 1.165) is 42.5 Å². The minimum Gasteiger partial charge on any atom is -0.300 e. The van der Waals surface area contributed by atoms with Gasteiger partial charge in [0.2, 0.25) is 0 Å². The molecular formula is C18H23ClO. The highest BCUT2D eigenvalue weighted by atomic mass is 35.5. The van der Waals surface area contributed by atoms with Crippen molar-refractivity contribution in [3.8, 4) is 0 Å². The van der Waals surface area contributed by atoms with Crippen LogP contribution in [-0.2, 0) is 4.79 Å². The van der Waals surface area contributed by atoms with Gasteiger partial charge in [0.15, 0.2) is 0 Å². The first-order valence-corrected chi connectivity index (χ1v) is 8.37. The van der Waals surface area contributed by atoms with E-state index in [9.17, 15) is 4.79 Å². The maximum absolute atomic E-state index is 11.3. The molecule has 0 aliphatic heterocycles. The number of Topliss-reactive ketones (excluding diaryl/α,β-unsaturated/α-hetero) is 1. The lowest BCUT2D eigenvalue weighted by molar-refractivity contribution is -0.121. The highest BCUT2D eigenvalue weighted by Crippen LogP contribution is 2.42. The van der Waals surface area contributed by atoms with Gasteiger partial charge in [-0.3, -0.25) is 4.79 Å². The van der Waals surface area contributed by atoms with Crippen LogP contribution in [0, 0.1) is 11.8 Å². The molecule has 3 rings (SSSR count). The zero-order chi connectivity index (χ0) is 13.9. The molecule has 2 aliphatic carbocycles. The van der Waals surface area contributed by atoms with Crippen LogP contribution in [0.15, 0.2) is 24.3 Å². The van der Waals surface area contributed by atoms with Crippen LogP contribution in [0.25, 0.3) is 0 Å². The Morgan fingerprint density at radius 1 is 0.800 bits per heavy atom. The third kappa shape index (κ3) is 3.25. The zero-order valence-corrected chi connectivity index (χ0v) is 12.7. The van der Waals surface area contributed by atoms with Gasteiger partial charge in [0, 0.05) is 17.9 Å². The van der Waals surface area contributed by atoms with Crippen LogP contribution in [0.2, 0.25) is 5.02 Å². The average Bonchev–Trinajstić information content (AvgIpc) is 2.49. The summed E-state index contributed by atoms with van der Waals surface area (Å²) in [5, 5.41) is 0.828. The van der Waals surface area contributed by atoms with Crippen molar-refractivity contribution in [1.29, 1.82) is 0 Å². The molecular weight excluding hydrogens is 268 g/mol. The van der Waals surface area contributed by atoms with Gasteiger partial charge in [-0.05, 0) is 74.0 Å². The molecule has 1 aromatic rings. The van der Waals surface area contributed by atoms with E-state index in [1.807, 2.05) is 12.1 Å². The van der Waals surface area contributed by atoms with E-state index in [-0.39, 0.29) is 0 Å². The standard InChI is InChI=1S/C18H23ClO/c19-17-9-5-15(6-10-17)13-1-3-14(4-2-13)16-7-11-18(20)12-8-16/h5-6,9-10,13-14,16H,1-4,7-8,11-12H2/t13-,14-. The third-order valence-corrected chi connectivity index (χ3v) is 5.62. The second-order valence-electron chi connectivity index (χ2n) is 6.54. The molecule has 0 heterocycles. The van der Waals surface area contributed by atoms with Crippen molar-refractivity contribution < 1.29 is 4.79 Å². The topological polar surface area (TPSA) is 17.1 Å². The van der Waals surface area contributed by atoms with Crippen molar-refractivity contribution in [1.82, 2.24) is 0 Å². The summed E-state index contributed by atoms with van der Waals surface area (Å²) in [4.78, 5) is 11.3. The predicted molar refractivity (Wildman–Crippen MR) is 83.1 cm³/mol. The first kappa shape index (κ1) is 14.1. The largest absolute Gasteiger partial charge is 0.300 e. The first-order chi connectivity index (χ1) is 9.72. The van der Waals surface area contributed by atoms with Gasteiger partial charge in [0.05, 0.1) is 0 Å². The quantitative estimate of drug-likeness (QED) is 0.715. The van der Waals surface area contributed by atoms with E-state index in [2.05, 4.69) is 12.1 Å². The Morgan fingerprint density at radius 3 is 1.95 bits per heavy atom. The number of halogens is 1. The van der Waals surface area contributed by atoms with Gasteiger partial charge in [-0.25, -0.2) is 0 Å². The van der Waals surface area contributed by atoms with Crippen molar-refractivity contribution in [3.05, 3.63) is 34.9 Å². The fourth-order valence-electron chi connectivity index (χ4n) is 4.09. The summed E-state index contributed by atoms with van der Waals surface area (Å²) < 4.78 is 0. The van der Waals surface area contributed by atoms with Crippen LogP contribution >= 0.6 is 11.6 Å². The SMILES string of the molecule is O=C1CCC([C@H]2CC[C@H](c3ccc(Cl)cc3)CC2)CC1. The maximum Gasteiger partial charge on any atom is 0.132 e. The maximum atomic E-state index is 11.3. The first-order valence-electron chi connectivity index (χ1n) is 7.99. The van der Waals surface area contributed by atoms with Crippen molar-refractivity contribution in [2.45, 2.75) is 57.3 Å². The number of ketones is 1. The van der Waals surface area contributed by atoms with Gasteiger partial charge in [0.25, 0.3) is 0 Å². The molecule has 0 N–H and O–H groups in total. The smallest absolute Gasteiger partial charge is 0.132 e. The molecule has 2 fully saturated rings. The van der Waals surface area contributed by atoms with Crippen LogP contribution in [0.3, 0.4) is 0 Å². The van der Waals surface area contributed by atoms with Crippen molar-refractivity contribution >= 4 is 17.4 Å². The second-order valence-corrected chi connectivity index (χ2v) is 6.98. The minimum absolute atomic E-state index is 0.483. The number of carbonyl (C=O) groups excluding carboxylic acids is 1. The fraction of sp³-hybridized carbons (Fsp3) is 0.611. The summed E-state index contributed by atoms with van der Waals surface area (Å²) in [6, 6.07) is 8.39. The molecule has 0 spiro atoms. The lowest BCUT2D eigenvalue weighted by atomic mass is 9.70. The molecule has 0 saturated heterocycles. The van der Waals surface area contributed by atoms with Gasteiger partial charge in [0.1, 0.15) is 5.78 Å². The Bertz CT molecular complexity index is 447. The lowest BCUT2D eigenvalue weighted by Crippen LogP contribution is -2.25. The van der Waals surface area contributed by atoms with Crippen molar-refractivity contribution in [2.24, 2.45) is 11.8 Å². The molecule has 0 atom stereocenters. The van der Waals surface area contributed by atoms with E-state index in [4.69, 9.17) is 11.6 Å². The molecule has 2 saturated carbocycles. The van der Waals surface area contributed by atoms with Gasteiger partial charge in [-0.1, -0.05) is 23.7 Å². The Morgan fingerprint density at radius 2 is 1.35 bits per heavy atom. The molecule has 0 bridgehead atoms. The van der Waals surface area contributed by atoms with Crippen LogP contribution in [0.4, 0.5) is 0 Å². The van der Waals surface area contributed by atoms with Gasteiger partial charge in [-0.2, -0.15) is 0 Å². The Labute approximate surface area is 126 Å². The monoisotopic (exact) mass is 290 g/mol. The van der Waals surface area contributed by atoms with Crippen LogP contribution in [0.1, 0.15) is 62.8 Å². The summed E-state index contributed by atoms with van der Waals surface area (Å²) in [5.41, 5.74) is 1.45. The summed E-state index contributed by atoms with van der Waals surface area (Å²) in [6.07, 6.45) is 9.25. The molecule has 0 unspecified atom stereocenters. The number of hydrogen-bond acceptors (Lipinski definition) is 1.